The van der Waals surface area contributed by atoms with Crippen LogP contribution in [-0.4, -0.2) is 23.2 Å². The van der Waals surface area contributed by atoms with Crippen LogP contribution < -0.4 is 0 Å². The Kier molecular flexibility index (Phi) is 5.42. The Morgan fingerprint density at radius 1 is 1.18 bits per heavy atom. The number of carbonyl (C=O) groups is 2. The summed E-state index contributed by atoms with van der Waals surface area (Å²) in [5.74, 6) is -1.79. The van der Waals surface area contributed by atoms with Crippen molar-refractivity contribution in [1.29, 1.82) is 0 Å². The molecule has 0 aromatic heterocycles. The maximum Gasteiger partial charge on any atom is 0.235 e. The zero-order valence-electron chi connectivity index (χ0n) is 10.4. The maximum atomic E-state index is 11.6. The van der Waals surface area contributed by atoms with Gasteiger partial charge in [-0.05, 0) is 19.1 Å². The summed E-state index contributed by atoms with van der Waals surface area (Å²) >= 11 is 0. The molecule has 0 bridgehead atoms. The van der Waals surface area contributed by atoms with E-state index in [1.807, 2.05) is 0 Å². The highest BCUT2D eigenvalue weighted by molar-refractivity contribution is 5.95. The second-order valence-electron chi connectivity index (χ2n) is 4.09. The van der Waals surface area contributed by atoms with Gasteiger partial charge in [-0.2, -0.15) is 4.99 Å². The zero-order valence-corrected chi connectivity index (χ0v) is 10.4. The number of hydrogen-bond acceptors (Lipinski definition) is 4. The van der Waals surface area contributed by atoms with Crippen molar-refractivity contribution in [3.63, 3.8) is 0 Å². The summed E-state index contributed by atoms with van der Waals surface area (Å²) in [5.41, 5.74) is -1.13. The van der Waals surface area contributed by atoms with Crippen LogP contribution in [0.25, 0.3) is 0 Å². The summed E-state index contributed by atoms with van der Waals surface area (Å²) in [4.78, 5) is 37.3. The van der Waals surface area contributed by atoms with Gasteiger partial charge < -0.3 is 0 Å². The van der Waals surface area contributed by atoms with Gasteiger partial charge in [-0.15, -0.1) is 0 Å². The van der Waals surface area contributed by atoms with Crippen molar-refractivity contribution in [3.05, 3.63) is 25.3 Å². The molecule has 0 saturated heterocycles. The highest BCUT2D eigenvalue weighted by Crippen LogP contribution is 2.32. The van der Waals surface area contributed by atoms with E-state index < -0.39 is 17.4 Å². The maximum absolute atomic E-state index is 11.6. The van der Waals surface area contributed by atoms with Crippen LogP contribution >= 0.6 is 0 Å². The Labute approximate surface area is 101 Å². The van der Waals surface area contributed by atoms with E-state index in [4.69, 9.17) is 0 Å². The number of hydrogen-bond donors (Lipinski definition) is 0. The SMILES string of the molecule is C=CC(=O)C(C)C(C)(N=C=O)C(C)C(=O)C=C. The molecule has 4 heteroatoms. The van der Waals surface area contributed by atoms with Crippen molar-refractivity contribution in [2.24, 2.45) is 16.8 Å². The molecule has 0 heterocycles. The molecule has 0 aromatic rings. The standard InChI is InChI=1S/C13H17NO3/c1-6-11(16)9(3)13(5,14-8-15)10(4)12(17)7-2/h6-7,9-10H,1-2H2,3-5H3. The Bertz CT molecular complexity index is 365. The highest BCUT2D eigenvalue weighted by Gasteiger charge is 2.42. The molecule has 0 rings (SSSR count). The van der Waals surface area contributed by atoms with E-state index >= 15 is 0 Å². The van der Waals surface area contributed by atoms with Gasteiger partial charge in [-0.3, -0.25) is 9.59 Å². The molecule has 0 aliphatic carbocycles. The van der Waals surface area contributed by atoms with E-state index in [0.29, 0.717) is 0 Å². The van der Waals surface area contributed by atoms with Crippen molar-refractivity contribution in [3.8, 4) is 0 Å². The van der Waals surface area contributed by atoms with E-state index in [1.165, 1.54) is 6.08 Å². The van der Waals surface area contributed by atoms with E-state index in [1.54, 1.807) is 20.8 Å². The lowest BCUT2D eigenvalue weighted by Gasteiger charge is -2.33. The predicted octanol–water partition coefficient (Wildman–Crippen LogP) is 1.86. The van der Waals surface area contributed by atoms with Gasteiger partial charge in [-0.1, -0.05) is 27.0 Å². The second kappa shape index (κ2) is 6.06. The minimum Gasteiger partial charge on any atom is -0.294 e. The van der Waals surface area contributed by atoms with Crippen LogP contribution in [0.3, 0.4) is 0 Å². The van der Waals surface area contributed by atoms with Crippen LogP contribution in [0.4, 0.5) is 0 Å². The lowest BCUT2D eigenvalue weighted by atomic mass is 9.73. The number of rotatable bonds is 7. The molecule has 0 radical (unpaired) electrons. The van der Waals surface area contributed by atoms with Gasteiger partial charge in [-0.25, -0.2) is 4.79 Å². The third-order valence-electron chi connectivity index (χ3n) is 3.30. The molecule has 92 valence electrons. The van der Waals surface area contributed by atoms with Gasteiger partial charge in [0.2, 0.25) is 6.08 Å². The molecule has 2 atom stereocenters. The van der Waals surface area contributed by atoms with Gasteiger partial charge in [0.25, 0.3) is 0 Å². The fourth-order valence-electron chi connectivity index (χ4n) is 1.60. The zero-order chi connectivity index (χ0) is 13.6. The summed E-state index contributed by atoms with van der Waals surface area (Å²) < 4.78 is 0. The summed E-state index contributed by atoms with van der Waals surface area (Å²) in [7, 11) is 0. The normalized spacial score (nSPS) is 16.9. The topological polar surface area (TPSA) is 63.6 Å². The fourth-order valence-corrected chi connectivity index (χ4v) is 1.60. The van der Waals surface area contributed by atoms with Gasteiger partial charge in [0.1, 0.15) is 0 Å². The minimum absolute atomic E-state index is 0.268. The first-order valence-corrected chi connectivity index (χ1v) is 5.26. The molecule has 0 aliphatic heterocycles. The van der Waals surface area contributed by atoms with Crippen LogP contribution in [0, 0.1) is 11.8 Å². The second-order valence-corrected chi connectivity index (χ2v) is 4.09. The summed E-state index contributed by atoms with van der Waals surface area (Å²) in [5, 5.41) is 0. The first-order chi connectivity index (χ1) is 7.84. The van der Waals surface area contributed by atoms with E-state index in [2.05, 4.69) is 18.2 Å². The number of carbonyl (C=O) groups excluding carboxylic acids is 3. The first kappa shape index (κ1) is 15.2. The monoisotopic (exact) mass is 235 g/mol. The Hall–Kier alpha value is -1.80. The number of allylic oxidation sites excluding steroid dienone is 2. The highest BCUT2D eigenvalue weighted by atomic mass is 16.1. The number of aliphatic imine (C=N–C) groups is 1. The quantitative estimate of drug-likeness (QED) is 0.384. The average Bonchev–Trinajstić information content (AvgIpc) is 2.34. The van der Waals surface area contributed by atoms with Crippen molar-refractivity contribution in [1.82, 2.24) is 0 Å². The molecule has 0 fully saturated rings. The molecule has 4 nitrogen and oxygen atoms in total. The third-order valence-corrected chi connectivity index (χ3v) is 3.30. The number of isocyanates is 1. The van der Waals surface area contributed by atoms with E-state index in [9.17, 15) is 14.4 Å². The van der Waals surface area contributed by atoms with E-state index in [-0.39, 0.29) is 11.6 Å². The van der Waals surface area contributed by atoms with Gasteiger partial charge >= 0.3 is 0 Å². The minimum atomic E-state index is -1.13. The molecule has 0 spiro atoms. The lowest BCUT2D eigenvalue weighted by Crippen LogP contribution is -2.44. The number of ketones is 2. The van der Waals surface area contributed by atoms with Crippen molar-refractivity contribution in [2.75, 3.05) is 0 Å². The van der Waals surface area contributed by atoms with Crippen molar-refractivity contribution >= 4 is 17.6 Å². The van der Waals surface area contributed by atoms with Crippen LogP contribution in [0.5, 0.6) is 0 Å². The van der Waals surface area contributed by atoms with Crippen molar-refractivity contribution < 1.29 is 14.4 Å². The Balaban J connectivity index is 5.51. The fraction of sp³-hybridized carbons (Fsp3) is 0.462. The molecule has 0 saturated carbocycles. The first-order valence-electron chi connectivity index (χ1n) is 5.26. The predicted molar refractivity (Wildman–Crippen MR) is 65.3 cm³/mol. The summed E-state index contributed by atoms with van der Waals surface area (Å²) in [6, 6.07) is 0. The molecular weight excluding hydrogens is 218 g/mol. The van der Waals surface area contributed by atoms with E-state index in [0.717, 1.165) is 12.2 Å². The molecule has 0 aliphatic rings. The van der Waals surface area contributed by atoms with Crippen LogP contribution in [-0.2, 0) is 14.4 Å². The molecule has 2 unspecified atom stereocenters. The average molecular weight is 235 g/mol. The van der Waals surface area contributed by atoms with Crippen LogP contribution in [0.2, 0.25) is 0 Å². The Morgan fingerprint density at radius 3 is 1.76 bits per heavy atom. The summed E-state index contributed by atoms with van der Waals surface area (Å²) in [6.45, 7) is 11.6. The molecule has 0 amide bonds. The lowest BCUT2D eigenvalue weighted by molar-refractivity contribution is -0.123. The largest absolute Gasteiger partial charge is 0.294 e. The molecular formula is C13H17NO3. The van der Waals surface area contributed by atoms with Gasteiger partial charge in [0.15, 0.2) is 11.6 Å². The smallest absolute Gasteiger partial charge is 0.235 e. The van der Waals surface area contributed by atoms with Gasteiger partial charge in [0.05, 0.1) is 5.54 Å². The summed E-state index contributed by atoms with van der Waals surface area (Å²) in [6.07, 6.45) is 3.75. The number of nitrogens with zero attached hydrogens (tertiary/aromatic N) is 1. The van der Waals surface area contributed by atoms with Crippen molar-refractivity contribution in [2.45, 2.75) is 26.3 Å². The van der Waals surface area contributed by atoms with Crippen LogP contribution in [0.1, 0.15) is 20.8 Å². The van der Waals surface area contributed by atoms with Gasteiger partial charge in [0, 0.05) is 11.8 Å². The molecule has 0 N–H and O–H groups in total. The molecule has 17 heavy (non-hydrogen) atoms. The molecule has 0 aromatic carbocycles. The van der Waals surface area contributed by atoms with Crippen LogP contribution in [0.15, 0.2) is 30.3 Å². The Morgan fingerprint density at radius 2 is 1.53 bits per heavy atom. The third kappa shape index (κ3) is 3.08.